The molecule has 5 heterocycles. The Morgan fingerprint density at radius 1 is 1.24 bits per heavy atom. The molecule has 202 valence electrons. The Labute approximate surface area is 214 Å². The van der Waals surface area contributed by atoms with Crippen LogP contribution in [0.15, 0.2) is 24.4 Å². The van der Waals surface area contributed by atoms with Gasteiger partial charge < -0.3 is 14.8 Å². The van der Waals surface area contributed by atoms with Crippen molar-refractivity contribution in [2.24, 2.45) is 0 Å². The summed E-state index contributed by atoms with van der Waals surface area (Å²) in [5.41, 5.74) is 1.50. The largest absolute Gasteiger partial charge is 0.479 e. The lowest BCUT2D eigenvalue weighted by Crippen LogP contribution is -2.57. The summed E-state index contributed by atoms with van der Waals surface area (Å²) in [6.07, 6.45) is -2.08. The first-order chi connectivity index (χ1) is 18.3. The molecule has 1 N–H and O–H groups in total. The van der Waals surface area contributed by atoms with Gasteiger partial charge >= 0.3 is 0 Å². The zero-order chi connectivity index (χ0) is 26.6. The summed E-state index contributed by atoms with van der Waals surface area (Å²) in [5, 5.41) is 15.2. The van der Waals surface area contributed by atoms with E-state index in [1.165, 1.54) is 24.7 Å². The van der Waals surface area contributed by atoms with E-state index >= 15 is 4.39 Å². The minimum absolute atomic E-state index is 0.0774. The van der Waals surface area contributed by atoms with E-state index in [-0.39, 0.29) is 35.5 Å². The molecule has 0 unspecified atom stereocenters. The lowest BCUT2D eigenvalue weighted by molar-refractivity contribution is -0.0794. The Balaban J connectivity index is 1.33. The summed E-state index contributed by atoms with van der Waals surface area (Å²) in [4.78, 5) is 6.48. The van der Waals surface area contributed by atoms with Gasteiger partial charge in [0.1, 0.15) is 23.2 Å². The third-order valence-corrected chi connectivity index (χ3v) is 7.28. The van der Waals surface area contributed by atoms with Gasteiger partial charge in [-0.15, -0.1) is 10.2 Å². The van der Waals surface area contributed by atoms with E-state index in [1.807, 2.05) is 0 Å². The fraction of sp³-hybridized carbons (Fsp3) is 0.500. The molecule has 1 aromatic carbocycles. The van der Waals surface area contributed by atoms with E-state index in [9.17, 15) is 13.2 Å². The van der Waals surface area contributed by atoms with E-state index < -0.39 is 30.5 Å². The Morgan fingerprint density at radius 2 is 2.05 bits per heavy atom. The molecule has 0 radical (unpaired) electrons. The maximum Gasteiger partial charge on any atom is 0.260 e. The van der Waals surface area contributed by atoms with Gasteiger partial charge in [0, 0.05) is 13.1 Å². The maximum atomic E-state index is 15.3. The smallest absolute Gasteiger partial charge is 0.260 e. The maximum absolute atomic E-state index is 15.3. The van der Waals surface area contributed by atoms with Crippen LogP contribution >= 0.6 is 0 Å². The van der Waals surface area contributed by atoms with Crippen molar-refractivity contribution in [3.05, 3.63) is 30.2 Å². The monoisotopic (exact) mass is 534 g/mol. The van der Waals surface area contributed by atoms with E-state index in [0.29, 0.717) is 42.8 Å². The number of rotatable bonds is 7. The lowest BCUT2D eigenvalue weighted by Gasteiger charge is -2.42. The van der Waals surface area contributed by atoms with Crippen LogP contribution in [-0.2, 0) is 4.74 Å². The van der Waals surface area contributed by atoms with Crippen LogP contribution in [0, 0.1) is 5.82 Å². The minimum Gasteiger partial charge on any atom is -0.479 e. The van der Waals surface area contributed by atoms with Gasteiger partial charge in [0.05, 0.1) is 49.7 Å². The predicted octanol–water partition coefficient (Wildman–Crippen LogP) is 3.34. The number of aromatic nitrogens is 6. The summed E-state index contributed by atoms with van der Waals surface area (Å²) in [5.74, 6) is -0.435. The molecule has 0 spiro atoms. The highest BCUT2D eigenvalue weighted by molar-refractivity contribution is 5.89. The van der Waals surface area contributed by atoms with Crippen molar-refractivity contribution in [2.75, 3.05) is 38.7 Å². The molecule has 2 aliphatic heterocycles. The van der Waals surface area contributed by atoms with Gasteiger partial charge in [0.25, 0.3) is 6.43 Å². The molecule has 6 rings (SSSR count). The number of halogens is 4. The van der Waals surface area contributed by atoms with E-state index in [1.54, 1.807) is 18.2 Å². The van der Waals surface area contributed by atoms with Crippen molar-refractivity contribution in [1.29, 1.82) is 0 Å². The van der Waals surface area contributed by atoms with Crippen molar-refractivity contribution in [3.8, 4) is 17.0 Å². The number of alkyl halides is 3. The van der Waals surface area contributed by atoms with Crippen LogP contribution in [0.1, 0.15) is 19.4 Å². The first-order valence-corrected chi connectivity index (χ1v) is 12.3. The van der Waals surface area contributed by atoms with Crippen LogP contribution in [-0.4, -0.2) is 92.6 Å². The highest BCUT2D eigenvalue weighted by Gasteiger charge is 2.36. The standard InChI is InChI=1S/C24H26F4N8O2/c1-12(22(27)28)36-19-7-13(3-4-18(19)31-33-36)20-16(26)9-35-21(20)23(37-2)30-24(32-35)29-17-5-6-34(8-15(17)25)14-10-38-11-14/h3-4,7,9,12,14-15,17,22H,5-6,8,10-11H2,1-2H3,(H,29,32)/t12-,15+,17-/m1/s1. The van der Waals surface area contributed by atoms with Gasteiger partial charge in [-0.2, -0.15) is 4.98 Å². The molecule has 2 aliphatic rings. The highest BCUT2D eigenvalue weighted by atomic mass is 19.3. The molecule has 0 amide bonds. The molecule has 3 atom stereocenters. The average Bonchev–Trinajstić information content (AvgIpc) is 3.43. The summed E-state index contributed by atoms with van der Waals surface area (Å²) in [6, 6.07) is 3.28. The normalized spacial score (nSPS) is 21.8. The van der Waals surface area contributed by atoms with Crippen molar-refractivity contribution in [2.45, 2.75) is 44.1 Å². The number of ether oxygens (including phenoxy) is 2. The number of nitrogens with zero attached hydrogens (tertiary/aromatic N) is 7. The quantitative estimate of drug-likeness (QED) is 0.361. The Morgan fingerprint density at radius 3 is 2.74 bits per heavy atom. The Bertz CT molecular complexity index is 1470. The molecule has 0 aliphatic carbocycles. The number of hydrogen-bond acceptors (Lipinski definition) is 8. The molecule has 0 saturated carbocycles. The SMILES string of the molecule is COc1nc(N[C@@H]2CCN(C3COC3)C[C@@H]2F)nn2cc(F)c(-c3ccc4nnn([C@H](C)C(F)F)c4c3)c12. The second kappa shape index (κ2) is 9.66. The molecular formula is C24H26F4N8O2. The minimum atomic E-state index is -2.65. The molecule has 2 fully saturated rings. The van der Waals surface area contributed by atoms with Crippen LogP contribution in [0.2, 0.25) is 0 Å². The topological polar surface area (TPSA) is 94.6 Å². The van der Waals surface area contributed by atoms with Gasteiger partial charge in [-0.05, 0) is 31.0 Å². The predicted molar refractivity (Wildman–Crippen MR) is 130 cm³/mol. The molecule has 38 heavy (non-hydrogen) atoms. The van der Waals surface area contributed by atoms with E-state index in [4.69, 9.17) is 9.47 Å². The second-order valence-electron chi connectivity index (χ2n) is 9.64. The second-order valence-corrected chi connectivity index (χ2v) is 9.64. The Hall–Kier alpha value is -3.52. The van der Waals surface area contributed by atoms with Gasteiger partial charge in [-0.1, -0.05) is 11.3 Å². The highest BCUT2D eigenvalue weighted by Crippen LogP contribution is 2.36. The molecule has 2 saturated heterocycles. The van der Waals surface area contributed by atoms with Crippen molar-refractivity contribution in [1.82, 2.24) is 34.5 Å². The zero-order valence-electron chi connectivity index (χ0n) is 20.7. The van der Waals surface area contributed by atoms with Crippen molar-refractivity contribution >= 4 is 22.5 Å². The first kappa shape index (κ1) is 24.8. The fourth-order valence-electron chi connectivity index (χ4n) is 5.02. The molecule has 10 nitrogen and oxygen atoms in total. The summed E-state index contributed by atoms with van der Waals surface area (Å²) in [7, 11) is 1.39. The molecule has 3 aromatic heterocycles. The van der Waals surface area contributed by atoms with Gasteiger partial charge in [0.15, 0.2) is 5.82 Å². The number of hydrogen-bond donors (Lipinski definition) is 1. The third kappa shape index (κ3) is 4.21. The fourth-order valence-corrected chi connectivity index (χ4v) is 5.02. The van der Waals surface area contributed by atoms with Crippen LogP contribution in [0.3, 0.4) is 0 Å². The lowest BCUT2D eigenvalue weighted by atomic mass is 10.0. The van der Waals surface area contributed by atoms with Gasteiger partial charge in [-0.3, -0.25) is 4.90 Å². The number of anilines is 1. The molecule has 4 aromatic rings. The van der Waals surface area contributed by atoms with E-state index in [2.05, 4.69) is 30.6 Å². The summed E-state index contributed by atoms with van der Waals surface area (Å²) < 4.78 is 70.1. The Kier molecular flexibility index (Phi) is 6.30. The van der Waals surface area contributed by atoms with Crippen LogP contribution in [0.5, 0.6) is 5.88 Å². The number of fused-ring (bicyclic) bond motifs is 2. The average molecular weight is 535 g/mol. The van der Waals surface area contributed by atoms with Crippen molar-refractivity contribution in [3.63, 3.8) is 0 Å². The third-order valence-electron chi connectivity index (χ3n) is 7.28. The number of piperidine rings is 1. The number of benzene rings is 1. The number of methoxy groups -OCH3 is 1. The summed E-state index contributed by atoms with van der Waals surface area (Å²) >= 11 is 0. The molecular weight excluding hydrogens is 508 g/mol. The van der Waals surface area contributed by atoms with Gasteiger partial charge in [0.2, 0.25) is 11.8 Å². The van der Waals surface area contributed by atoms with Gasteiger partial charge in [-0.25, -0.2) is 26.8 Å². The molecule has 0 bridgehead atoms. The van der Waals surface area contributed by atoms with Crippen LogP contribution in [0.4, 0.5) is 23.5 Å². The number of nitrogens with one attached hydrogen (secondary N) is 1. The zero-order valence-corrected chi connectivity index (χ0v) is 20.7. The number of likely N-dealkylation sites (tertiary alicyclic amines) is 1. The summed E-state index contributed by atoms with van der Waals surface area (Å²) in [6.45, 7) is 3.58. The van der Waals surface area contributed by atoms with Crippen LogP contribution in [0.25, 0.3) is 27.7 Å². The van der Waals surface area contributed by atoms with E-state index in [0.717, 1.165) is 4.68 Å². The molecule has 14 heteroatoms. The van der Waals surface area contributed by atoms with Crippen LogP contribution < -0.4 is 10.1 Å². The first-order valence-electron chi connectivity index (χ1n) is 12.3. The van der Waals surface area contributed by atoms with Crippen molar-refractivity contribution < 1.29 is 27.0 Å².